The minimum atomic E-state index is 0.149. The summed E-state index contributed by atoms with van der Waals surface area (Å²) in [6.45, 7) is 0.222. The van der Waals surface area contributed by atoms with Crippen LogP contribution in [0.15, 0.2) is 18.2 Å². The summed E-state index contributed by atoms with van der Waals surface area (Å²) < 4.78 is 15.5. The van der Waals surface area contributed by atoms with E-state index in [1.807, 2.05) is 6.07 Å². The summed E-state index contributed by atoms with van der Waals surface area (Å²) in [5.41, 5.74) is 3.08. The molecule has 104 valence electrons. The first-order chi connectivity index (χ1) is 9.78. The molecule has 0 fully saturated rings. The normalized spacial score (nSPS) is 12.1. The SMILES string of the molecule is COc1nc(NN)nc(Nc2ccc3c(c2)OCO3)n1. The molecule has 0 unspecified atom stereocenters. The third-order valence-electron chi connectivity index (χ3n) is 2.56. The average Bonchev–Trinajstić information content (AvgIpc) is 2.94. The number of methoxy groups -OCH3 is 1. The number of nitrogen functional groups attached to an aromatic ring is 1. The van der Waals surface area contributed by atoms with Crippen LogP contribution in [0.4, 0.5) is 17.6 Å². The standard InChI is InChI=1S/C11H12N6O3/c1-18-11-15-9(14-10(16-11)17-12)13-6-2-3-7-8(4-6)20-5-19-7/h2-4H,5,12H2,1H3,(H2,13,14,15,16,17). The van der Waals surface area contributed by atoms with Gasteiger partial charge < -0.3 is 19.5 Å². The van der Waals surface area contributed by atoms with E-state index in [1.54, 1.807) is 12.1 Å². The van der Waals surface area contributed by atoms with E-state index in [2.05, 4.69) is 25.7 Å². The smallest absolute Gasteiger partial charge is 0.322 e. The molecule has 1 aliphatic heterocycles. The van der Waals surface area contributed by atoms with Crippen molar-refractivity contribution in [3.8, 4) is 17.5 Å². The number of ether oxygens (including phenoxy) is 3. The summed E-state index contributed by atoms with van der Waals surface area (Å²) in [6, 6.07) is 5.55. The predicted molar refractivity (Wildman–Crippen MR) is 70.0 cm³/mol. The van der Waals surface area contributed by atoms with Gasteiger partial charge in [-0.25, -0.2) is 5.84 Å². The summed E-state index contributed by atoms with van der Waals surface area (Å²) in [5.74, 6) is 7.14. The van der Waals surface area contributed by atoms with Gasteiger partial charge in [-0.15, -0.1) is 0 Å². The molecule has 0 saturated heterocycles. The maximum atomic E-state index is 5.29. The number of nitrogens with two attached hydrogens (primary N) is 1. The Hall–Kier alpha value is -2.81. The van der Waals surface area contributed by atoms with E-state index in [9.17, 15) is 0 Å². The van der Waals surface area contributed by atoms with E-state index < -0.39 is 0 Å². The molecule has 3 rings (SSSR count). The van der Waals surface area contributed by atoms with Crippen molar-refractivity contribution in [3.05, 3.63) is 18.2 Å². The van der Waals surface area contributed by atoms with Gasteiger partial charge in [0.15, 0.2) is 11.5 Å². The number of anilines is 3. The molecule has 1 aromatic heterocycles. The van der Waals surface area contributed by atoms with Gasteiger partial charge in [0.1, 0.15) is 0 Å². The number of nitrogens with zero attached hydrogens (tertiary/aromatic N) is 3. The number of aromatic nitrogens is 3. The third kappa shape index (κ3) is 2.34. The third-order valence-corrected chi connectivity index (χ3v) is 2.56. The summed E-state index contributed by atoms with van der Waals surface area (Å²) >= 11 is 0. The fourth-order valence-corrected chi connectivity index (χ4v) is 1.67. The van der Waals surface area contributed by atoms with Crippen molar-refractivity contribution in [1.29, 1.82) is 0 Å². The molecule has 20 heavy (non-hydrogen) atoms. The average molecular weight is 276 g/mol. The van der Waals surface area contributed by atoms with Crippen LogP contribution in [-0.2, 0) is 0 Å². The first-order valence-electron chi connectivity index (χ1n) is 5.72. The number of fused-ring (bicyclic) bond motifs is 1. The highest BCUT2D eigenvalue weighted by molar-refractivity contribution is 5.60. The highest BCUT2D eigenvalue weighted by Gasteiger charge is 2.14. The number of rotatable bonds is 4. The van der Waals surface area contributed by atoms with Crippen molar-refractivity contribution in [2.45, 2.75) is 0 Å². The minimum absolute atomic E-state index is 0.149. The van der Waals surface area contributed by atoms with Gasteiger partial charge >= 0.3 is 6.01 Å². The van der Waals surface area contributed by atoms with Crippen molar-refractivity contribution in [3.63, 3.8) is 0 Å². The van der Waals surface area contributed by atoms with E-state index >= 15 is 0 Å². The molecule has 9 heteroatoms. The monoisotopic (exact) mass is 276 g/mol. The Labute approximate surface area is 114 Å². The molecule has 0 spiro atoms. The van der Waals surface area contributed by atoms with Crippen LogP contribution in [-0.4, -0.2) is 28.9 Å². The second-order valence-corrected chi connectivity index (χ2v) is 3.81. The van der Waals surface area contributed by atoms with Gasteiger partial charge in [0, 0.05) is 11.8 Å². The summed E-state index contributed by atoms with van der Waals surface area (Å²) in [4.78, 5) is 12.0. The predicted octanol–water partition coefficient (Wildman–Crippen LogP) is 0.638. The van der Waals surface area contributed by atoms with Crippen molar-refractivity contribution < 1.29 is 14.2 Å². The van der Waals surface area contributed by atoms with Gasteiger partial charge in [-0.2, -0.15) is 15.0 Å². The van der Waals surface area contributed by atoms with Crippen molar-refractivity contribution >= 4 is 17.6 Å². The Bertz CT molecular complexity index is 613. The van der Waals surface area contributed by atoms with Crippen LogP contribution in [0, 0.1) is 0 Å². The molecule has 9 nitrogen and oxygen atoms in total. The molecular weight excluding hydrogens is 264 g/mol. The molecule has 0 atom stereocenters. The van der Waals surface area contributed by atoms with E-state index in [0.29, 0.717) is 17.4 Å². The maximum Gasteiger partial charge on any atom is 0.322 e. The fraction of sp³-hybridized carbons (Fsp3) is 0.182. The molecule has 4 N–H and O–H groups in total. The van der Waals surface area contributed by atoms with Crippen LogP contribution in [0.25, 0.3) is 0 Å². The summed E-state index contributed by atoms with van der Waals surface area (Å²) in [7, 11) is 1.46. The zero-order valence-corrected chi connectivity index (χ0v) is 10.6. The van der Waals surface area contributed by atoms with Gasteiger partial charge in [0.2, 0.25) is 18.7 Å². The highest BCUT2D eigenvalue weighted by Crippen LogP contribution is 2.34. The van der Waals surface area contributed by atoms with Gasteiger partial charge in [0.25, 0.3) is 0 Å². The molecule has 0 bridgehead atoms. The lowest BCUT2D eigenvalue weighted by molar-refractivity contribution is 0.174. The van der Waals surface area contributed by atoms with Crippen LogP contribution in [0.5, 0.6) is 17.5 Å². The second-order valence-electron chi connectivity index (χ2n) is 3.81. The van der Waals surface area contributed by atoms with Gasteiger partial charge in [-0.3, -0.25) is 5.43 Å². The quantitative estimate of drug-likeness (QED) is 0.546. The van der Waals surface area contributed by atoms with E-state index in [-0.39, 0.29) is 18.8 Å². The second kappa shape index (κ2) is 5.05. The van der Waals surface area contributed by atoms with Crippen molar-refractivity contribution in [2.75, 3.05) is 24.6 Å². The number of benzene rings is 1. The Kier molecular flexibility index (Phi) is 3.09. The van der Waals surface area contributed by atoms with Crippen LogP contribution < -0.4 is 30.8 Å². The Morgan fingerprint density at radius 1 is 1.15 bits per heavy atom. The zero-order valence-electron chi connectivity index (χ0n) is 10.6. The number of hydrazine groups is 1. The lowest BCUT2D eigenvalue weighted by atomic mass is 10.3. The Morgan fingerprint density at radius 3 is 2.75 bits per heavy atom. The molecule has 1 aromatic carbocycles. The molecule has 2 heterocycles. The molecule has 2 aromatic rings. The van der Waals surface area contributed by atoms with Crippen molar-refractivity contribution in [1.82, 2.24) is 15.0 Å². The lowest BCUT2D eigenvalue weighted by Crippen LogP contribution is -2.13. The van der Waals surface area contributed by atoms with E-state index in [4.69, 9.17) is 20.1 Å². The van der Waals surface area contributed by atoms with Gasteiger partial charge in [-0.1, -0.05) is 0 Å². The van der Waals surface area contributed by atoms with Crippen LogP contribution >= 0.6 is 0 Å². The van der Waals surface area contributed by atoms with Gasteiger partial charge in [-0.05, 0) is 12.1 Å². The fourth-order valence-electron chi connectivity index (χ4n) is 1.67. The summed E-state index contributed by atoms with van der Waals surface area (Å²) in [5, 5.41) is 3.01. The topological polar surface area (TPSA) is 116 Å². The Morgan fingerprint density at radius 2 is 1.95 bits per heavy atom. The molecule has 0 saturated carbocycles. The van der Waals surface area contributed by atoms with Gasteiger partial charge in [0.05, 0.1) is 7.11 Å². The van der Waals surface area contributed by atoms with E-state index in [1.165, 1.54) is 7.11 Å². The Balaban J connectivity index is 1.87. The van der Waals surface area contributed by atoms with Crippen LogP contribution in [0.2, 0.25) is 0 Å². The lowest BCUT2D eigenvalue weighted by Gasteiger charge is -2.08. The van der Waals surface area contributed by atoms with Crippen molar-refractivity contribution in [2.24, 2.45) is 5.84 Å². The van der Waals surface area contributed by atoms with Crippen LogP contribution in [0.1, 0.15) is 0 Å². The molecule has 0 amide bonds. The molecule has 0 aliphatic carbocycles. The zero-order chi connectivity index (χ0) is 13.9. The molecule has 1 aliphatic rings. The minimum Gasteiger partial charge on any atom is -0.467 e. The molecule has 0 radical (unpaired) electrons. The largest absolute Gasteiger partial charge is 0.467 e. The highest BCUT2D eigenvalue weighted by atomic mass is 16.7. The maximum absolute atomic E-state index is 5.29. The van der Waals surface area contributed by atoms with E-state index in [0.717, 1.165) is 5.69 Å². The number of hydrogen-bond acceptors (Lipinski definition) is 9. The number of nitrogens with one attached hydrogen (secondary N) is 2. The first kappa shape index (κ1) is 12.2. The summed E-state index contributed by atoms with van der Waals surface area (Å²) in [6.07, 6.45) is 0. The first-order valence-corrected chi connectivity index (χ1v) is 5.72. The van der Waals surface area contributed by atoms with Crippen LogP contribution in [0.3, 0.4) is 0 Å². The number of hydrogen-bond donors (Lipinski definition) is 3. The molecular formula is C11H12N6O3.